The van der Waals surface area contributed by atoms with Gasteiger partial charge in [-0.15, -0.1) is 11.3 Å². The van der Waals surface area contributed by atoms with Gasteiger partial charge in [0, 0.05) is 23.8 Å². The third-order valence-corrected chi connectivity index (χ3v) is 6.45. The van der Waals surface area contributed by atoms with Crippen molar-refractivity contribution < 1.29 is 4.79 Å². The van der Waals surface area contributed by atoms with Crippen molar-refractivity contribution in [2.24, 2.45) is 0 Å². The molecule has 2 aromatic carbocycles. The van der Waals surface area contributed by atoms with Gasteiger partial charge in [0.05, 0.1) is 11.4 Å². The Kier molecular flexibility index (Phi) is 6.34. The van der Waals surface area contributed by atoms with E-state index in [1.807, 2.05) is 30.0 Å². The van der Waals surface area contributed by atoms with Crippen LogP contribution in [-0.2, 0) is 16.3 Å². The largest absolute Gasteiger partial charge is 0.274 e. The zero-order valence-corrected chi connectivity index (χ0v) is 17.8. The van der Waals surface area contributed by atoms with Crippen molar-refractivity contribution in [1.82, 2.24) is 4.98 Å². The molecule has 0 aliphatic rings. The predicted molar refractivity (Wildman–Crippen MR) is 117 cm³/mol. The molecule has 3 nitrogen and oxygen atoms in total. The number of aromatic nitrogens is 1. The second kappa shape index (κ2) is 8.72. The lowest BCUT2D eigenvalue weighted by Crippen LogP contribution is -2.22. The lowest BCUT2D eigenvalue weighted by atomic mass is 10.1. The predicted octanol–water partition coefficient (Wildman–Crippen LogP) is 6.19. The quantitative estimate of drug-likeness (QED) is 0.498. The fourth-order valence-corrected chi connectivity index (χ4v) is 4.79. The summed E-state index contributed by atoms with van der Waals surface area (Å²) < 4.78 is 0. The van der Waals surface area contributed by atoms with Gasteiger partial charge in [-0.1, -0.05) is 30.3 Å². The molecule has 3 rings (SSSR count). The van der Waals surface area contributed by atoms with Crippen LogP contribution < -0.4 is 4.90 Å². The molecule has 0 saturated heterocycles. The van der Waals surface area contributed by atoms with E-state index in [0.717, 1.165) is 28.0 Å². The number of thioether (sulfide) groups is 1. The lowest BCUT2D eigenvalue weighted by Gasteiger charge is -2.19. The Balaban J connectivity index is 1.71. The highest BCUT2D eigenvalue weighted by atomic mass is 32.2. The van der Waals surface area contributed by atoms with E-state index >= 15 is 0 Å². The van der Waals surface area contributed by atoms with E-state index in [0.29, 0.717) is 0 Å². The summed E-state index contributed by atoms with van der Waals surface area (Å²) in [6.07, 6.45) is 0. The average molecular weight is 397 g/mol. The van der Waals surface area contributed by atoms with Crippen LogP contribution in [0.5, 0.6) is 0 Å². The number of rotatable bonds is 6. The molecule has 1 heterocycles. The minimum Gasteiger partial charge on any atom is -0.274 e. The topological polar surface area (TPSA) is 33.2 Å². The van der Waals surface area contributed by atoms with E-state index < -0.39 is 0 Å². The third-order valence-electron chi connectivity index (χ3n) is 4.56. The van der Waals surface area contributed by atoms with E-state index in [1.165, 1.54) is 33.6 Å². The Morgan fingerprint density at radius 2 is 1.81 bits per heavy atom. The van der Waals surface area contributed by atoms with Crippen molar-refractivity contribution in [3.63, 3.8) is 0 Å². The SMILES string of the molecule is CC(=O)N(c1ccc(C)c(C)c1)c1nc(CSCc2ccccc2C)cs1. The number of anilines is 2. The summed E-state index contributed by atoms with van der Waals surface area (Å²) >= 11 is 3.37. The molecular weight excluding hydrogens is 372 g/mol. The van der Waals surface area contributed by atoms with Crippen LogP contribution in [0.1, 0.15) is 34.9 Å². The number of hydrogen-bond acceptors (Lipinski definition) is 4. The number of aryl methyl sites for hydroxylation is 3. The van der Waals surface area contributed by atoms with E-state index in [-0.39, 0.29) is 5.91 Å². The van der Waals surface area contributed by atoms with Gasteiger partial charge in [0.15, 0.2) is 5.13 Å². The van der Waals surface area contributed by atoms with E-state index in [1.54, 1.807) is 11.8 Å². The van der Waals surface area contributed by atoms with Gasteiger partial charge in [0.1, 0.15) is 0 Å². The van der Waals surface area contributed by atoms with Crippen molar-refractivity contribution in [2.45, 2.75) is 39.2 Å². The molecule has 0 radical (unpaired) electrons. The van der Waals surface area contributed by atoms with Gasteiger partial charge in [-0.3, -0.25) is 9.69 Å². The third kappa shape index (κ3) is 4.79. The Labute approximate surface area is 169 Å². The normalized spacial score (nSPS) is 10.8. The Morgan fingerprint density at radius 3 is 2.52 bits per heavy atom. The minimum atomic E-state index is -0.0216. The van der Waals surface area contributed by atoms with Gasteiger partial charge in [-0.2, -0.15) is 11.8 Å². The Bertz CT molecular complexity index is 949. The summed E-state index contributed by atoms with van der Waals surface area (Å²) in [5.41, 5.74) is 6.96. The highest BCUT2D eigenvalue weighted by Gasteiger charge is 2.18. The van der Waals surface area contributed by atoms with Crippen molar-refractivity contribution in [1.29, 1.82) is 0 Å². The number of nitrogens with zero attached hydrogens (tertiary/aromatic N) is 2. The highest BCUT2D eigenvalue weighted by Crippen LogP contribution is 2.31. The van der Waals surface area contributed by atoms with Gasteiger partial charge in [0.2, 0.25) is 5.91 Å². The molecule has 0 aliphatic heterocycles. The maximum Gasteiger partial charge on any atom is 0.230 e. The molecule has 27 heavy (non-hydrogen) atoms. The molecule has 0 fully saturated rings. The molecule has 3 aromatic rings. The van der Waals surface area contributed by atoms with Gasteiger partial charge >= 0.3 is 0 Å². The maximum absolute atomic E-state index is 12.3. The molecule has 5 heteroatoms. The first-order valence-corrected chi connectivity index (χ1v) is 10.9. The number of carbonyl (C=O) groups is 1. The molecule has 1 aromatic heterocycles. The summed E-state index contributed by atoms with van der Waals surface area (Å²) in [6, 6.07) is 14.5. The molecule has 0 atom stereocenters. The maximum atomic E-state index is 12.3. The molecule has 0 N–H and O–H groups in total. The molecule has 0 unspecified atom stereocenters. The van der Waals surface area contributed by atoms with E-state index in [9.17, 15) is 4.79 Å². The fraction of sp³-hybridized carbons (Fsp3) is 0.273. The summed E-state index contributed by atoms with van der Waals surface area (Å²) in [6.45, 7) is 7.87. The van der Waals surface area contributed by atoms with Crippen molar-refractivity contribution >= 4 is 39.8 Å². The van der Waals surface area contributed by atoms with Gasteiger partial charge < -0.3 is 0 Å². The van der Waals surface area contributed by atoms with Gasteiger partial charge in [-0.05, 0) is 55.2 Å². The Hall–Kier alpha value is -2.11. The van der Waals surface area contributed by atoms with Gasteiger partial charge in [0.25, 0.3) is 0 Å². The van der Waals surface area contributed by atoms with Crippen LogP contribution in [0.25, 0.3) is 0 Å². The van der Waals surface area contributed by atoms with Crippen LogP contribution in [0.15, 0.2) is 47.8 Å². The second-order valence-electron chi connectivity index (χ2n) is 6.66. The van der Waals surface area contributed by atoms with E-state index in [4.69, 9.17) is 4.98 Å². The first-order chi connectivity index (χ1) is 13.0. The summed E-state index contributed by atoms with van der Waals surface area (Å²) in [5, 5.41) is 2.79. The molecule has 0 spiro atoms. The minimum absolute atomic E-state index is 0.0216. The molecule has 0 saturated carbocycles. The number of hydrogen-bond donors (Lipinski definition) is 0. The number of carbonyl (C=O) groups excluding carboxylic acids is 1. The number of thiazole rings is 1. The van der Waals surface area contributed by atoms with Crippen LogP contribution in [0, 0.1) is 20.8 Å². The highest BCUT2D eigenvalue weighted by molar-refractivity contribution is 7.97. The first-order valence-electron chi connectivity index (χ1n) is 8.90. The summed E-state index contributed by atoms with van der Waals surface area (Å²) in [4.78, 5) is 18.7. The van der Waals surface area contributed by atoms with Crippen LogP contribution in [0.3, 0.4) is 0 Å². The van der Waals surface area contributed by atoms with E-state index in [2.05, 4.69) is 50.4 Å². The summed E-state index contributed by atoms with van der Waals surface area (Å²) in [5.74, 6) is 1.78. The zero-order chi connectivity index (χ0) is 19.4. The van der Waals surface area contributed by atoms with Crippen LogP contribution in [0.4, 0.5) is 10.8 Å². The number of amides is 1. The van der Waals surface area contributed by atoms with Gasteiger partial charge in [-0.25, -0.2) is 4.98 Å². The summed E-state index contributed by atoms with van der Waals surface area (Å²) in [7, 11) is 0. The van der Waals surface area contributed by atoms with Crippen molar-refractivity contribution in [2.75, 3.05) is 4.90 Å². The van der Waals surface area contributed by atoms with Crippen LogP contribution in [-0.4, -0.2) is 10.9 Å². The molecule has 1 amide bonds. The monoisotopic (exact) mass is 396 g/mol. The Morgan fingerprint density at radius 1 is 1.04 bits per heavy atom. The molecule has 140 valence electrons. The zero-order valence-electron chi connectivity index (χ0n) is 16.2. The molecule has 0 aliphatic carbocycles. The fourth-order valence-electron chi connectivity index (χ4n) is 2.79. The molecule has 0 bridgehead atoms. The van der Waals surface area contributed by atoms with Crippen LogP contribution in [0.2, 0.25) is 0 Å². The second-order valence-corrected chi connectivity index (χ2v) is 8.49. The molecular formula is C22H24N2OS2. The smallest absolute Gasteiger partial charge is 0.230 e. The van der Waals surface area contributed by atoms with Crippen molar-refractivity contribution in [3.05, 3.63) is 75.8 Å². The van der Waals surface area contributed by atoms with Crippen molar-refractivity contribution in [3.8, 4) is 0 Å². The van der Waals surface area contributed by atoms with Crippen LogP contribution >= 0.6 is 23.1 Å². The first kappa shape index (κ1) is 19.6. The number of benzene rings is 2. The lowest BCUT2D eigenvalue weighted by molar-refractivity contribution is -0.115. The average Bonchev–Trinajstić information content (AvgIpc) is 3.08. The standard InChI is InChI=1S/C22H24N2OS2/c1-15-9-10-21(11-17(15)3)24(18(4)25)22-23-20(14-27-22)13-26-12-19-8-6-5-7-16(19)2/h5-11,14H,12-13H2,1-4H3.